The third kappa shape index (κ3) is 5.99. The van der Waals surface area contributed by atoms with Crippen molar-refractivity contribution >= 4 is 17.8 Å². The first-order valence-corrected chi connectivity index (χ1v) is 7.07. The lowest BCUT2D eigenvalue weighted by molar-refractivity contribution is -0.128. The lowest BCUT2D eigenvalue weighted by Crippen LogP contribution is -2.35. The molecule has 1 rings (SSSR count). The molecular formula is C15H22N2O5. The number of carboxylic acids is 1. The van der Waals surface area contributed by atoms with Crippen molar-refractivity contribution in [2.24, 2.45) is 5.41 Å². The van der Waals surface area contributed by atoms with Crippen LogP contribution in [0.4, 0.5) is 0 Å². The van der Waals surface area contributed by atoms with Crippen LogP contribution in [0.1, 0.15) is 49.9 Å². The van der Waals surface area contributed by atoms with Crippen LogP contribution in [0.15, 0.2) is 16.5 Å². The van der Waals surface area contributed by atoms with Gasteiger partial charge in [0.1, 0.15) is 5.76 Å². The first-order valence-electron chi connectivity index (χ1n) is 7.07. The maximum absolute atomic E-state index is 11.6. The van der Waals surface area contributed by atoms with Crippen molar-refractivity contribution in [1.29, 1.82) is 0 Å². The number of rotatable bonds is 7. The zero-order chi connectivity index (χ0) is 16.8. The van der Waals surface area contributed by atoms with E-state index in [2.05, 4.69) is 10.6 Å². The minimum absolute atomic E-state index is 0.0512. The van der Waals surface area contributed by atoms with E-state index in [0.717, 1.165) is 0 Å². The van der Waals surface area contributed by atoms with Gasteiger partial charge in [-0.15, -0.1) is 0 Å². The van der Waals surface area contributed by atoms with Crippen molar-refractivity contribution in [1.82, 2.24) is 10.6 Å². The maximum atomic E-state index is 11.6. The molecule has 0 aliphatic rings. The van der Waals surface area contributed by atoms with Gasteiger partial charge in [0.2, 0.25) is 17.6 Å². The topological polar surface area (TPSA) is 109 Å². The molecule has 1 aromatic heterocycles. The van der Waals surface area contributed by atoms with Crippen molar-refractivity contribution in [3.05, 3.63) is 23.7 Å². The Kier molecular flexibility index (Phi) is 6.15. The van der Waals surface area contributed by atoms with Crippen LogP contribution in [0.3, 0.4) is 0 Å². The Morgan fingerprint density at radius 3 is 2.41 bits per heavy atom. The summed E-state index contributed by atoms with van der Waals surface area (Å²) >= 11 is 0. The number of amides is 2. The second kappa shape index (κ2) is 7.63. The van der Waals surface area contributed by atoms with Gasteiger partial charge in [-0.25, -0.2) is 4.79 Å². The smallest absolute Gasteiger partial charge is 0.371 e. The van der Waals surface area contributed by atoms with Crippen molar-refractivity contribution in [3.8, 4) is 0 Å². The SMILES string of the molecule is CC(C)(C)C(=O)NCCCC(=O)NCc1ccc(C(=O)O)o1. The molecule has 0 fully saturated rings. The lowest BCUT2D eigenvalue weighted by Gasteiger charge is -2.17. The number of carboxylic acid groups (broad SMARTS) is 1. The minimum atomic E-state index is -1.15. The molecule has 0 spiro atoms. The first kappa shape index (κ1) is 17.7. The minimum Gasteiger partial charge on any atom is -0.475 e. The number of hydrogen-bond donors (Lipinski definition) is 3. The molecule has 7 nitrogen and oxygen atoms in total. The monoisotopic (exact) mass is 310 g/mol. The van der Waals surface area contributed by atoms with E-state index in [1.54, 1.807) is 0 Å². The van der Waals surface area contributed by atoms with Gasteiger partial charge in [-0.1, -0.05) is 20.8 Å². The van der Waals surface area contributed by atoms with E-state index in [4.69, 9.17) is 9.52 Å². The average Bonchev–Trinajstić information content (AvgIpc) is 2.89. The highest BCUT2D eigenvalue weighted by molar-refractivity contribution is 5.84. The van der Waals surface area contributed by atoms with Crippen molar-refractivity contribution in [2.75, 3.05) is 6.54 Å². The van der Waals surface area contributed by atoms with Gasteiger partial charge in [-0.2, -0.15) is 0 Å². The van der Waals surface area contributed by atoms with Gasteiger partial charge in [0.15, 0.2) is 0 Å². The van der Waals surface area contributed by atoms with Crippen LogP contribution < -0.4 is 10.6 Å². The molecule has 0 radical (unpaired) electrons. The van der Waals surface area contributed by atoms with Crippen LogP contribution in [0.2, 0.25) is 0 Å². The second-order valence-electron chi connectivity index (χ2n) is 5.96. The zero-order valence-electron chi connectivity index (χ0n) is 13.1. The highest BCUT2D eigenvalue weighted by Gasteiger charge is 2.20. The van der Waals surface area contributed by atoms with E-state index in [0.29, 0.717) is 18.7 Å². The highest BCUT2D eigenvalue weighted by atomic mass is 16.4. The molecule has 3 N–H and O–H groups in total. The molecule has 0 aromatic carbocycles. The molecule has 0 atom stereocenters. The molecule has 0 aliphatic carbocycles. The molecule has 0 saturated carbocycles. The van der Waals surface area contributed by atoms with Crippen LogP contribution in [0.5, 0.6) is 0 Å². The maximum Gasteiger partial charge on any atom is 0.371 e. The fourth-order valence-electron chi connectivity index (χ4n) is 1.58. The fraction of sp³-hybridized carbons (Fsp3) is 0.533. The molecule has 1 aromatic rings. The summed E-state index contributed by atoms with van der Waals surface area (Å²) in [5.41, 5.74) is -0.441. The van der Waals surface area contributed by atoms with Gasteiger partial charge in [-0.05, 0) is 18.6 Å². The molecular weight excluding hydrogens is 288 g/mol. The van der Waals surface area contributed by atoms with Crippen LogP contribution in [-0.2, 0) is 16.1 Å². The van der Waals surface area contributed by atoms with Crippen molar-refractivity contribution in [2.45, 2.75) is 40.2 Å². The number of hydrogen-bond acceptors (Lipinski definition) is 4. The molecule has 0 saturated heterocycles. The molecule has 0 bridgehead atoms. The standard InChI is InChI=1S/C15H22N2O5/c1-15(2,3)14(21)16-8-4-5-12(18)17-9-10-6-7-11(22-10)13(19)20/h6-7H,4-5,8-9H2,1-3H3,(H,16,21)(H,17,18)(H,19,20). The summed E-state index contributed by atoms with van der Waals surface area (Å²) in [5, 5.41) is 14.1. The lowest BCUT2D eigenvalue weighted by atomic mass is 9.96. The van der Waals surface area contributed by atoms with Crippen LogP contribution in [0.25, 0.3) is 0 Å². The largest absolute Gasteiger partial charge is 0.475 e. The Morgan fingerprint density at radius 2 is 1.86 bits per heavy atom. The normalized spacial score (nSPS) is 11.0. The van der Waals surface area contributed by atoms with Crippen LogP contribution >= 0.6 is 0 Å². The predicted molar refractivity (Wildman–Crippen MR) is 79.2 cm³/mol. The Bertz CT molecular complexity index is 542. The van der Waals surface area contributed by atoms with Crippen molar-refractivity contribution < 1.29 is 23.9 Å². The van der Waals surface area contributed by atoms with E-state index in [1.807, 2.05) is 20.8 Å². The summed E-state index contributed by atoms with van der Waals surface area (Å²) in [6.45, 7) is 6.05. The molecule has 2 amide bonds. The molecule has 7 heteroatoms. The van der Waals surface area contributed by atoms with Gasteiger partial charge in [0, 0.05) is 18.4 Å². The van der Waals surface area contributed by atoms with Gasteiger partial charge >= 0.3 is 5.97 Å². The quantitative estimate of drug-likeness (QED) is 0.662. The van der Waals surface area contributed by atoms with E-state index >= 15 is 0 Å². The molecule has 1 heterocycles. The summed E-state index contributed by atoms with van der Waals surface area (Å²) in [7, 11) is 0. The van der Waals surface area contributed by atoms with Gasteiger partial charge < -0.3 is 20.2 Å². The van der Waals surface area contributed by atoms with Crippen LogP contribution in [0, 0.1) is 5.41 Å². The number of carbonyl (C=O) groups is 3. The first-order chi connectivity index (χ1) is 10.2. The third-order valence-electron chi connectivity index (χ3n) is 2.88. The number of carbonyl (C=O) groups excluding carboxylic acids is 2. The number of aromatic carboxylic acids is 1. The summed E-state index contributed by atoms with van der Waals surface area (Å²) < 4.78 is 5.02. The molecule has 22 heavy (non-hydrogen) atoms. The van der Waals surface area contributed by atoms with E-state index < -0.39 is 11.4 Å². The fourth-order valence-corrected chi connectivity index (χ4v) is 1.58. The summed E-state index contributed by atoms with van der Waals surface area (Å²) in [4.78, 5) is 33.9. The molecule has 122 valence electrons. The van der Waals surface area contributed by atoms with Crippen LogP contribution in [-0.4, -0.2) is 29.4 Å². The Labute approximate surface area is 129 Å². The number of nitrogens with one attached hydrogen (secondary N) is 2. The molecule has 0 aliphatic heterocycles. The Morgan fingerprint density at radius 1 is 1.18 bits per heavy atom. The van der Waals surface area contributed by atoms with Gasteiger partial charge in [-0.3, -0.25) is 9.59 Å². The van der Waals surface area contributed by atoms with Gasteiger partial charge in [0.05, 0.1) is 6.54 Å². The summed E-state index contributed by atoms with van der Waals surface area (Å²) in [6, 6.07) is 2.85. The number of furan rings is 1. The summed E-state index contributed by atoms with van der Waals surface area (Å²) in [5.74, 6) is -1.16. The van der Waals surface area contributed by atoms with Crippen molar-refractivity contribution in [3.63, 3.8) is 0 Å². The van der Waals surface area contributed by atoms with E-state index in [1.165, 1.54) is 12.1 Å². The second-order valence-corrected chi connectivity index (χ2v) is 5.96. The third-order valence-corrected chi connectivity index (χ3v) is 2.88. The zero-order valence-corrected chi connectivity index (χ0v) is 13.1. The Balaban J connectivity index is 2.21. The van der Waals surface area contributed by atoms with E-state index in [-0.39, 0.29) is 30.5 Å². The van der Waals surface area contributed by atoms with Gasteiger partial charge in [0.25, 0.3) is 0 Å². The summed E-state index contributed by atoms with van der Waals surface area (Å²) in [6.07, 6.45) is 0.809. The molecule has 0 unspecified atom stereocenters. The highest BCUT2D eigenvalue weighted by Crippen LogP contribution is 2.12. The average molecular weight is 310 g/mol. The predicted octanol–water partition coefficient (Wildman–Crippen LogP) is 1.54. The van der Waals surface area contributed by atoms with E-state index in [9.17, 15) is 14.4 Å². The Hall–Kier alpha value is -2.31.